The van der Waals surface area contributed by atoms with Gasteiger partial charge in [-0.15, -0.1) is 0 Å². The van der Waals surface area contributed by atoms with Crippen LogP contribution < -0.4 is 5.32 Å². The molecule has 2 N–H and O–H groups in total. The van der Waals surface area contributed by atoms with Gasteiger partial charge < -0.3 is 15.2 Å². The summed E-state index contributed by atoms with van der Waals surface area (Å²) in [5.41, 5.74) is 1.73. The smallest absolute Gasteiger partial charge is 0.0835 e. The molecule has 0 saturated carbocycles. The highest BCUT2D eigenvalue weighted by molar-refractivity contribution is 5.35. The molecule has 1 aliphatic rings. The zero-order valence-corrected chi connectivity index (χ0v) is 9.86. The number of ether oxygens (including phenoxy) is 1. The molecular weight excluding hydrogens is 202 g/mol. The highest BCUT2D eigenvalue weighted by atomic mass is 16.5. The summed E-state index contributed by atoms with van der Waals surface area (Å²) in [4.78, 5) is 0. The molecule has 1 heterocycles. The Labute approximate surface area is 96.4 Å². The first-order valence-corrected chi connectivity index (χ1v) is 5.67. The lowest BCUT2D eigenvalue weighted by Crippen LogP contribution is -2.39. The van der Waals surface area contributed by atoms with Gasteiger partial charge in [0.2, 0.25) is 0 Å². The second-order valence-electron chi connectivity index (χ2n) is 4.61. The first-order chi connectivity index (χ1) is 7.65. The summed E-state index contributed by atoms with van der Waals surface area (Å²) in [6.07, 6.45) is 0.634. The van der Waals surface area contributed by atoms with Gasteiger partial charge in [0, 0.05) is 26.7 Å². The molecule has 2 rings (SSSR count). The van der Waals surface area contributed by atoms with Crippen molar-refractivity contribution in [2.45, 2.75) is 31.5 Å². The van der Waals surface area contributed by atoms with E-state index in [2.05, 4.69) is 17.4 Å². The van der Waals surface area contributed by atoms with Crippen LogP contribution in [0.2, 0.25) is 0 Å². The van der Waals surface area contributed by atoms with Crippen LogP contribution in [0.15, 0.2) is 24.3 Å². The monoisotopic (exact) mass is 221 g/mol. The molecule has 1 aliphatic heterocycles. The van der Waals surface area contributed by atoms with Crippen molar-refractivity contribution in [3.8, 4) is 0 Å². The van der Waals surface area contributed by atoms with Gasteiger partial charge in [-0.25, -0.2) is 0 Å². The van der Waals surface area contributed by atoms with Gasteiger partial charge >= 0.3 is 0 Å². The molecule has 0 bridgehead atoms. The van der Waals surface area contributed by atoms with E-state index in [4.69, 9.17) is 4.74 Å². The molecule has 1 aromatic rings. The normalized spacial score (nSPS) is 22.8. The minimum Gasteiger partial charge on any atom is -0.388 e. The quantitative estimate of drug-likeness (QED) is 0.811. The topological polar surface area (TPSA) is 41.5 Å². The average molecular weight is 221 g/mol. The third kappa shape index (κ3) is 2.12. The minimum atomic E-state index is -0.761. The van der Waals surface area contributed by atoms with Gasteiger partial charge in [0.25, 0.3) is 0 Å². The zero-order chi connectivity index (χ0) is 11.6. The standard InChI is InChI=1S/C13H19NO2/c1-13(15,7-8-16-2)12-11-6-4-3-5-10(11)9-14-12/h3-6,12,14-15H,7-9H2,1-2H3. The van der Waals surface area contributed by atoms with Crippen LogP contribution in [0.25, 0.3) is 0 Å². The van der Waals surface area contributed by atoms with Crippen LogP contribution >= 0.6 is 0 Å². The Bertz CT molecular complexity index is 363. The molecule has 2 unspecified atom stereocenters. The number of hydrogen-bond acceptors (Lipinski definition) is 3. The van der Waals surface area contributed by atoms with Gasteiger partial charge in [0.1, 0.15) is 0 Å². The second-order valence-corrected chi connectivity index (χ2v) is 4.61. The molecule has 16 heavy (non-hydrogen) atoms. The molecule has 2 atom stereocenters. The first-order valence-electron chi connectivity index (χ1n) is 5.67. The fourth-order valence-corrected chi connectivity index (χ4v) is 2.31. The Morgan fingerprint density at radius 2 is 2.25 bits per heavy atom. The predicted octanol–water partition coefficient (Wildman–Crippen LogP) is 1.62. The maximum Gasteiger partial charge on any atom is 0.0835 e. The largest absolute Gasteiger partial charge is 0.388 e. The summed E-state index contributed by atoms with van der Waals surface area (Å²) >= 11 is 0. The van der Waals surface area contributed by atoms with Gasteiger partial charge in [-0.1, -0.05) is 24.3 Å². The van der Waals surface area contributed by atoms with Crippen LogP contribution in [0.3, 0.4) is 0 Å². The lowest BCUT2D eigenvalue weighted by atomic mass is 9.88. The minimum absolute atomic E-state index is 0.0128. The number of aliphatic hydroxyl groups is 1. The van der Waals surface area contributed by atoms with E-state index in [1.807, 2.05) is 19.1 Å². The van der Waals surface area contributed by atoms with Gasteiger partial charge in [-0.05, 0) is 18.1 Å². The van der Waals surface area contributed by atoms with Crippen LogP contribution in [0.4, 0.5) is 0 Å². The average Bonchev–Trinajstić information content (AvgIpc) is 2.71. The number of nitrogens with one attached hydrogen (secondary N) is 1. The molecular formula is C13H19NO2. The molecule has 0 aromatic heterocycles. The van der Waals surface area contributed by atoms with Gasteiger partial charge in [-0.2, -0.15) is 0 Å². The summed E-state index contributed by atoms with van der Waals surface area (Å²) in [6, 6.07) is 8.26. The van der Waals surface area contributed by atoms with E-state index in [9.17, 15) is 5.11 Å². The number of hydrogen-bond donors (Lipinski definition) is 2. The molecule has 0 amide bonds. The van der Waals surface area contributed by atoms with Crippen LogP contribution in [0.5, 0.6) is 0 Å². The Balaban J connectivity index is 2.17. The van der Waals surface area contributed by atoms with Crippen molar-refractivity contribution in [3.63, 3.8) is 0 Å². The summed E-state index contributed by atoms with van der Waals surface area (Å²) < 4.78 is 5.04. The lowest BCUT2D eigenvalue weighted by molar-refractivity contribution is -0.00635. The van der Waals surface area contributed by atoms with Gasteiger partial charge in [0.15, 0.2) is 0 Å². The molecule has 88 valence electrons. The van der Waals surface area contributed by atoms with Crippen molar-refractivity contribution >= 4 is 0 Å². The molecule has 1 aromatic carbocycles. The predicted molar refractivity (Wildman–Crippen MR) is 63.1 cm³/mol. The van der Waals surface area contributed by atoms with Crippen molar-refractivity contribution in [2.75, 3.05) is 13.7 Å². The van der Waals surface area contributed by atoms with E-state index < -0.39 is 5.60 Å². The molecule has 0 spiro atoms. The van der Waals surface area contributed by atoms with Crippen LogP contribution in [-0.4, -0.2) is 24.4 Å². The summed E-state index contributed by atoms with van der Waals surface area (Å²) in [5, 5.41) is 13.8. The molecule has 0 aliphatic carbocycles. The maximum absolute atomic E-state index is 10.4. The van der Waals surface area contributed by atoms with Crippen molar-refractivity contribution < 1.29 is 9.84 Å². The third-order valence-electron chi connectivity index (χ3n) is 3.30. The Kier molecular flexibility index (Phi) is 3.28. The van der Waals surface area contributed by atoms with Crippen molar-refractivity contribution in [1.82, 2.24) is 5.32 Å². The number of benzene rings is 1. The summed E-state index contributed by atoms with van der Waals surface area (Å²) in [6.45, 7) is 3.28. The maximum atomic E-state index is 10.4. The van der Waals surface area contributed by atoms with E-state index in [0.717, 1.165) is 6.54 Å². The SMILES string of the molecule is COCCC(C)(O)C1NCc2ccccc21. The van der Waals surface area contributed by atoms with Crippen LogP contribution in [0, 0.1) is 0 Å². The highest BCUT2D eigenvalue weighted by Gasteiger charge is 2.36. The fraction of sp³-hybridized carbons (Fsp3) is 0.538. The molecule has 3 nitrogen and oxygen atoms in total. The highest BCUT2D eigenvalue weighted by Crippen LogP contribution is 2.35. The third-order valence-corrected chi connectivity index (χ3v) is 3.30. The van der Waals surface area contributed by atoms with Crippen LogP contribution in [-0.2, 0) is 11.3 Å². The Morgan fingerprint density at radius 1 is 1.50 bits per heavy atom. The van der Waals surface area contributed by atoms with Crippen LogP contribution in [0.1, 0.15) is 30.5 Å². The number of rotatable bonds is 4. The number of methoxy groups -OCH3 is 1. The first kappa shape index (κ1) is 11.6. The molecule has 0 saturated heterocycles. The van der Waals surface area contributed by atoms with E-state index >= 15 is 0 Å². The summed E-state index contributed by atoms with van der Waals surface area (Å²) in [7, 11) is 1.66. The van der Waals surface area contributed by atoms with E-state index in [1.165, 1.54) is 11.1 Å². The lowest BCUT2D eigenvalue weighted by Gasteiger charge is -2.30. The second kappa shape index (κ2) is 4.53. The Hall–Kier alpha value is -0.900. The van der Waals surface area contributed by atoms with E-state index in [1.54, 1.807) is 7.11 Å². The number of fused-ring (bicyclic) bond motifs is 1. The van der Waals surface area contributed by atoms with Crippen molar-refractivity contribution in [3.05, 3.63) is 35.4 Å². The Morgan fingerprint density at radius 3 is 3.00 bits per heavy atom. The van der Waals surface area contributed by atoms with E-state index in [-0.39, 0.29) is 6.04 Å². The van der Waals surface area contributed by atoms with E-state index in [0.29, 0.717) is 13.0 Å². The van der Waals surface area contributed by atoms with Crippen molar-refractivity contribution in [2.24, 2.45) is 0 Å². The molecule has 3 heteroatoms. The summed E-state index contributed by atoms with van der Waals surface area (Å²) in [5.74, 6) is 0. The van der Waals surface area contributed by atoms with Gasteiger partial charge in [-0.3, -0.25) is 0 Å². The van der Waals surface area contributed by atoms with Crippen molar-refractivity contribution in [1.29, 1.82) is 0 Å². The fourth-order valence-electron chi connectivity index (χ4n) is 2.31. The zero-order valence-electron chi connectivity index (χ0n) is 9.86. The molecule has 0 radical (unpaired) electrons. The molecule has 0 fully saturated rings. The van der Waals surface area contributed by atoms with Gasteiger partial charge in [0.05, 0.1) is 11.6 Å².